The lowest BCUT2D eigenvalue weighted by molar-refractivity contribution is 0.472. The van der Waals surface area contributed by atoms with E-state index >= 15 is 0 Å². The van der Waals surface area contributed by atoms with Crippen LogP contribution in [0.5, 0.6) is 0 Å². The zero-order valence-corrected chi connectivity index (χ0v) is 20.3. The van der Waals surface area contributed by atoms with Crippen molar-refractivity contribution >= 4 is 23.2 Å². The fourth-order valence-electron chi connectivity index (χ4n) is 2.59. The largest absolute Gasteiger partial charge is 0.294 e. The van der Waals surface area contributed by atoms with Gasteiger partial charge in [-0.25, -0.2) is 9.34 Å². The molecule has 0 saturated carbocycles. The lowest BCUT2D eigenvalue weighted by atomic mass is 11.2. The maximum atomic E-state index is 5.54. The van der Waals surface area contributed by atoms with E-state index in [1.807, 2.05) is 0 Å². The van der Waals surface area contributed by atoms with Gasteiger partial charge in [-0.3, -0.25) is 18.4 Å². The first-order valence-electron chi connectivity index (χ1n) is 7.80. The van der Waals surface area contributed by atoms with E-state index in [4.69, 9.17) is 8.93 Å². The molecule has 0 aromatic rings. The minimum Gasteiger partial charge on any atom is -0.294 e. The topological polar surface area (TPSA) is 40.9 Å². The highest BCUT2D eigenvalue weighted by Gasteiger charge is 2.36. The van der Waals surface area contributed by atoms with Crippen LogP contribution in [-0.2, 0) is 0 Å². The molecule has 0 fully saturated rings. The average molecular weight is 384 g/mol. The molecule has 0 unspecified atom stereocenters. The van der Waals surface area contributed by atoms with Crippen LogP contribution in [0.2, 0.25) is 19.6 Å². The van der Waals surface area contributed by atoms with E-state index in [2.05, 4.69) is 113 Å². The number of hydrogen-bond acceptors (Lipinski definition) is 1. The zero-order chi connectivity index (χ0) is 18.8. The van der Waals surface area contributed by atoms with Gasteiger partial charge in [0, 0.05) is 0 Å². The van der Waals surface area contributed by atoms with E-state index in [-0.39, 0.29) is 0 Å². The highest BCUT2D eigenvalue weighted by atomic mass is 31.2. The maximum Gasteiger partial charge on any atom is 0.203 e. The Kier molecular flexibility index (Phi) is 8.41. The van der Waals surface area contributed by atoms with Crippen LogP contribution in [-0.4, -0.2) is 102 Å². The van der Waals surface area contributed by atoms with Crippen LogP contribution in [0.15, 0.2) is 8.93 Å². The molecule has 0 atom stereocenters. The third-order valence-corrected chi connectivity index (χ3v) is 14.1. The predicted molar refractivity (Wildman–Crippen MR) is 110 cm³/mol. The van der Waals surface area contributed by atoms with Gasteiger partial charge in [0.2, 0.25) is 7.51 Å². The Balaban J connectivity index is 7.04. The molecular formula is C13H39N7P2Si. The molecule has 0 aromatic carbocycles. The average Bonchev–Trinajstić information content (AvgIpc) is 2.30. The molecule has 0 aliphatic rings. The molecule has 0 saturated heterocycles. The Labute approximate surface area is 146 Å². The van der Waals surface area contributed by atoms with Gasteiger partial charge in [-0.2, -0.15) is 4.52 Å². The van der Waals surface area contributed by atoms with E-state index < -0.39 is 23.2 Å². The number of hydrogen-bond donors (Lipinski definition) is 0. The Hall–Kier alpha value is 0.477. The second-order valence-electron chi connectivity index (χ2n) is 7.67. The SMILES string of the molecule is CN(C)P(=N[Si](C)(C)C)(N=P(N(C)C)(N(C)C)N(C)C)N(C)C. The van der Waals surface area contributed by atoms with Crippen molar-refractivity contribution in [3.63, 3.8) is 0 Å². The normalized spacial score (nSPS) is 14.5. The summed E-state index contributed by atoms with van der Waals surface area (Å²) in [6.45, 7) is 6.85. The molecule has 0 aromatic heterocycles. The van der Waals surface area contributed by atoms with Crippen LogP contribution < -0.4 is 0 Å². The fourth-order valence-corrected chi connectivity index (χ4v) is 15.1. The van der Waals surface area contributed by atoms with Crippen molar-refractivity contribution in [2.75, 3.05) is 70.5 Å². The van der Waals surface area contributed by atoms with Crippen molar-refractivity contribution in [3.8, 4) is 0 Å². The van der Waals surface area contributed by atoms with Crippen LogP contribution in [0.3, 0.4) is 0 Å². The highest BCUT2D eigenvalue weighted by molar-refractivity contribution is 7.71. The van der Waals surface area contributed by atoms with Crippen LogP contribution in [0, 0.1) is 0 Å². The zero-order valence-electron chi connectivity index (χ0n) is 17.5. The van der Waals surface area contributed by atoms with Crippen LogP contribution in [0.4, 0.5) is 0 Å². The van der Waals surface area contributed by atoms with Gasteiger partial charge in [-0.15, -0.1) is 0 Å². The minimum absolute atomic E-state index is 1.66. The first kappa shape index (κ1) is 23.5. The summed E-state index contributed by atoms with van der Waals surface area (Å²) in [4.78, 5) is 0. The Morgan fingerprint density at radius 2 is 0.870 bits per heavy atom. The van der Waals surface area contributed by atoms with Crippen molar-refractivity contribution < 1.29 is 0 Å². The lowest BCUT2D eigenvalue weighted by Gasteiger charge is -2.45. The Morgan fingerprint density at radius 3 is 1.04 bits per heavy atom. The van der Waals surface area contributed by atoms with Crippen LogP contribution in [0.25, 0.3) is 0 Å². The maximum absolute atomic E-state index is 5.54. The summed E-state index contributed by atoms with van der Waals surface area (Å²) < 4.78 is 22.1. The van der Waals surface area contributed by atoms with Crippen molar-refractivity contribution in [1.82, 2.24) is 23.4 Å². The van der Waals surface area contributed by atoms with Gasteiger partial charge in [0.15, 0.2) is 15.7 Å². The van der Waals surface area contributed by atoms with Gasteiger partial charge in [0.25, 0.3) is 0 Å². The van der Waals surface area contributed by atoms with Gasteiger partial charge in [-0.1, -0.05) is 0 Å². The smallest absolute Gasteiger partial charge is 0.203 e. The molecule has 0 rings (SSSR count). The van der Waals surface area contributed by atoms with E-state index in [1.54, 1.807) is 0 Å². The molecule has 10 heteroatoms. The molecule has 0 N–H and O–H groups in total. The summed E-state index contributed by atoms with van der Waals surface area (Å²) in [7, 11) is 15.3. The highest BCUT2D eigenvalue weighted by Crippen LogP contribution is 2.68. The molecule has 0 spiro atoms. The lowest BCUT2D eigenvalue weighted by Crippen LogP contribution is -2.32. The molecule has 0 aliphatic heterocycles. The fraction of sp³-hybridized carbons (Fsp3) is 1.00. The predicted octanol–water partition coefficient (Wildman–Crippen LogP) is 3.52. The summed E-state index contributed by atoms with van der Waals surface area (Å²) in [6, 6.07) is 0. The molecule has 140 valence electrons. The Morgan fingerprint density at radius 1 is 0.565 bits per heavy atom. The van der Waals surface area contributed by atoms with E-state index in [1.165, 1.54) is 0 Å². The summed E-state index contributed by atoms with van der Waals surface area (Å²) in [5, 5.41) is 0. The second kappa shape index (κ2) is 8.24. The van der Waals surface area contributed by atoms with Crippen molar-refractivity contribution in [3.05, 3.63) is 0 Å². The first-order chi connectivity index (χ1) is 10.1. The monoisotopic (exact) mass is 383 g/mol. The third kappa shape index (κ3) is 5.22. The van der Waals surface area contributed by atoms with Gasteiger partial charge < -0.3 is 0 Å². The summed E-state index contributed by atoms with van der Waals surface area (Å²) in [5.74, 6) is 0. The second-order valence-corrected chi connectivity index (χ2v) is 19.7. The molecule has 0 amide bonds. The molecule has 0 aliphatic carbocycles. The van der Waals surface area contributed by atoms with E-state index in [0.717, 1.165) is 0 Å². The summed E-state index contributed by atoms with van der Waals surface area (Å²) in [6.07, 6.45) is 0. The summed E-state index contributed by atoms with van der Waals surface area (Å²) in [5.41, 5.74) is 0. The molecule has 0 heterocycles. The number of rotatable bonds is 7. The number of nitrogens with zero attached hydrogens (tertiary/aromatic N) is 7. The Bertz CT molecular complexity index is 453. The van der Waals surface area contributed by atoms with Crippen molar-refractivity contribution in [2.24, 2.45) is 8.93 Å². The van der Waals surface area contributed by atoms with E-state index in [0.29, 0.717) is 0 Å². The quantitative estimate of drug-likeness (QED) is 0.497. The third-order valence-electron chi connectivity index (χ3n) is 3.36. The standard InChI is InChI=1S/C13H39N7P2Si/c1-16(2)21(17(3)4,15-23(11,12)13)14-22(18(5)6,19(7)8)20(9)10/h1-13H3. The van der Waals surface area contributed by atoms with Gasteiger partial charge >= 0.3 is 0 Å². The van der Waals surface area contributed by atoms with Gasteiger partial charge in [0.1, 0.15) is 0 Å². The molecule has 0 bridgehead atoms. The molecule has 23 heavy (non-hydrogen) atoms. The summed E-state index contributed by atoms with van der Waals surface area (Å²) >= 11 is 0. The minimum atomic E-state index is -2.14. The van der Waals surface area contributed by atoms with Crippen molar-refractivity contribution in [2.45, 2.75) is 19.6 Å². The van der Waals surface area contributed by atoms with Gasteiger partial charge in [-0.05, 0) is 90.1 Å². The molecule has 7 nitrogen and oxygen atoms in total. The van der Waals surface area contributed by atoms with E-state index in [9.17, 15) is 0 Å². The molecular weight excluding hydrogens is 344 g/mol. The van der Waals surface area contributed by atoms with Crippen LogP contribution in [0.1, 0.15) is 0 Å². The van der Waals surface area contributed by atoms with Crippen LogP contribution >= 0.6 is 15.0 Å². The molecule has 0 radical (unpaired) electrons. The van der Waals surface area contributed by atoms with Gasteiger partial charge in [0.05, 0.1) is 0 Å². The first-order valence-corrected chi connectivity index (χ1v) is 14.4. The van der Waals surface area contributed by atoms with Crippen molar-refractivity contribution in [1.29, 1.82) is 0 Å².